The first-order valence-corrected chi connectivity index (χ1v) is 11.8. The number of sulfone groups is 1. The fourth-order valence-electron chi connectivity index (χ4n) is 2.91. The fourth-order valence-corrected chi connectivity index (χ4v) is 4.42. The highest BCUT2D eigenvalue weighted by Gasteiger charge is 2.21. The highest BCUT2D eigenvalue weighted by atomic mass is 35.5. The minimum atomic E-state index is -3.82. The van der Waals surface area contributed by atoms with Crippen molar-refractivity contribution in [3.8, 4) is 5.75 Å². The Labute approximate surface area is 196 Å². The summed E-state index contributed by atoms with van der Waals surface area (Å²) < 4.78 is 44.9. The SMILES string of the molecule is COc1cncc(NC=CCS(=O)(=O)c2ccccc2C(=O)NCc2cccc(Cl)c2F)c1. The number of pyridine rings is 1. The molecule has 0 fully saturated rings. The van der Waals surface area contributed by atoms with Gasteiger partial charge in [0, 0.05) is 18.2 Å². The molecule has 0 aliphatic rings. The summed E-state index contributed by atoms with van der Waals surface area (Å²) in [5.74, 6) is -1.06. The van der Waals surface area contributed by atoms with Gasteiger partial charge in [-0.2, -0.15) is 0 Å². The second-order valence-corrected chi connectivity index (χ2v) is 9.24. The Kier molecular flexibility index (Phi) is 8.02. The van der Waals surface area contributed by atoms with Crippen LogP contribution in [0.2, 0.25) is 5.02 Å². The predicted octanol–water partition coefficient (Wildman–Crippen LogP) is 4.21. The molecule has 0 saturated carbocycles. The molecule has 2 N–H and O–H groups in total. The number of benzene rings is 2. The van der Waals surface area contributed by atoms with Crippen molar-refractivity contribution in [2.75, 3.05) is 18.2 Å². The van der Waals surface area contributed by atoms with E-state index < -0.39 is 21.6 Å². The summed E-state index contributed by atoms with van der Waals surface area (Å²) in [5, 5.41) is 5.40. The number of nitrogens with one attached hydrogen (secondary N) is 2. The second-order valence-electron chi connectivity index (χ2n) is 6.83. The number of anilines is 1. The molecule has 0 saturated heterocycles. The summed E-state index contributed by atoms with van der Waals surface area (Å²) in [6.07, 6.45) is 6.00. The van der Waals surface area contributed by atoms with E-state index in [1.165, 1.54) is 49.7 Å². The van der Waals surface area contributed by atoms with E-state index in [9.17, 15) is 17.6 Å². The normalized spacial score (nSPS) is 11.4. The molecule has 7 nitrogen and oxygen atoms in total. The summed E-state index contributed by atoms with van der Waals surface area (Å²) in [6.45, 7) is -0.141. The Balaban J connectivity index is 1.69. The van der Waals surface area contributed by atoms with Gasteiger partial charge in [-0.1, -0.05) is 41.9 Å². The van der Waals surface area contributed by atoms with Crippen LogP contribution in [0.1, 0.15) is 15.9 Å². The lowest BCUT2D eigenvalue weighted by Crippen LogP contribution is -2.25. The molecule has 10 heteroatoms. The number of hydrogen-bond donors (Lipinski definition) is 2. The third-order valence-corrected chi connectivity index (χ3v) is 6.52. The number of amides is 1. The first kappa shape index (κ1) is 24.2. The number of methoxy groups -OCH3 is 1. The number of ether oxygens (including phenoxy) is 1. The van der Waals surface area contributed by atoms with E-state index >= 15 is 0 Å². The molecule has 172 valence electrons. The molecule has 0 radical (unpaired) electrons. The third kappa shape index (κ3) is 6.30. The van der Waals surface area contributed by atoms with Crippen molar-refractivity contribution in [3.63, 3.8) is 0 Å². The molecule has 1 aromatic heterocycles. The van der Waals surface area contributed by atoms with Crippen molar-refractivity contribution >= 4 is 33.0 Å². The Hall–Kier alpha value is -3.43. The van der Waals surface area contributed by atoms with Crippen molar-refractivity contribution in [1.82, 2.24) is 10.3 Å². The first-order chi connectivity index (χ1) is 15.8. The van der Waals surface area contributed by atoms with Gasteiger partial charge in [-0.25, -0.2) is 12.8 Å². The van der Waals surface area contributed by atoms with Crippen LogP contribution >= 0.6 is 11.6 Å². The minimum Gasteiger partial charge on any atom is -0.495 e. The van der Waals surface area contributed by atoms with E-state index in [1.54, 1.807) is 30.6 Å². The molecule has 0 unspecified atom stereocenters. The van der Waals surface area contributed by atoms with Crippen molar-refractivity contribution < 1.29 is 22.3 Å². The Morgan fingerprint density at radius 1 is 1.18 bits per heavy atom. The molecule has 3 rings (SSSR count). The fraction of sp³-hybridized carbons (Fsp3) is 0.130. The monoisotopic (exact) mass is 489 g/mol. The summed E-state index contributed by atoms with van der Waals surface area (Å²) in [7, 11) is -2.31. The van der Waals surface area contributed by atoms with Crippen LogP contribution in [-0.2, 0) is 16.4 Å². The zero-order valence-corrected chi connectivity index (χ0v) is 19.2. The van der Waals surface area contributed by atoms with Crippen LogP contribution in [0.25, 0.3) is 0 Å². The van der Waals surface area contributed by atoms with Crippen molar-refractivity contribution in [1.29, 1.82) is 0 Å². The maximum absolute atomic E-state index is 14.1. The average Bonchev–Trinajstić information content (AvgIpc) is 2.82. The standard InChI is InChI=1S/C23H21ClFN3O4S/c1-32-18-12-17(14-26-15-18)27-10-5-11-33(30,31)21-9-3-2-7-19(21)23(29)28-13-16-6-4-8-20(24)22(16)25/h2-10,12,14-15,27H,11,13H2,1H3,(H,28,29). The molecule has 0 spiro atoms. The molecule has 1 heterocycles. The van der Waals surface area contributed by atoms with Gasteiger partial charge in [0.05, 0.1) is 46.4 Å². The van der Waals surface area contributed by atoms with Gasteiger partial charge in [-0.3, -0.25) is 9.78 Å². The van der Waals surface area contributed by atoms with Crippen LogP contribution in [-0.4, -0.2) is 32.2 Å². The maximum Gasteiger partial charge on any atom is 0.252 e. The number of carbonyl (C=O) groups excluding carboxylic acids is 1. The molecule has 0 aliphatic heterocycles. The summed E-state index contributed by atoms with van der Waals surface area (Å²) >= 11 is 5.76. The zero-order chi connectivity index (χ0) is 23.8. The second kappa shape index (κ2) is 10.9. The molecule has 0 bridgehead atoms. The Bertz CT molecular complexity index is 1280. The first-order valence-electron chi connectivity index (χ1n) is 9.75. The van der Waals surface area contributed by atoms with E-state index in [-0.39, 0.29) is 33.3 Å². The van der Waals surface area contributed by atoms with Crippen LogP contribution in [0.3, 0.4) is 0 Å². The van der Waals surface area contributed by atoms with Gasteiger partial charge in [0.15, 0.2) is 9.84 Å². The number of hydrogen-bond acceptors (Lipinski definition) is 6. The zero-order valence-electron chi connectivity index (χ0n) is 17.6. The molecule has 3 aromatic rings. The molecule has 0 aliphatic carbocycles. The smallest absolute Gasteiger partial charge is 0.252 e. The average molecular weight is 490 g/mol. The van der Waals surface area contributed by atoms with Gasteiger partial charge in [0.2, 0.25) is 0 Å². The van der Waals surface area contributed by atoms with Gasteiger partial charge >= 0.3 is 0 Å². The van der Waals surface area contributed by atoms with Gasteiger partial charge in [-0.05, 0) is 24.4 Å². The van der Waals surface area contributed by atoms with Crippen molar-refractivity contribution in [2.24, 2.45) is 0 Å². The topological polar surface area (TPSA) is 97.4 Å². The van der Waals surface area contributed by atoms with Crippen LogP contribution in [0.15, 0.2) is 78.1 Å². The lowest BCUT2D eigenvalue weighted by Gasteiger charge is -2.11. The highest BCUT2D eigenvalue weighted by Crippen LogP contribution is 2.20. The van der Waals surface area contributed by atoms with Crippen molar-refractivity contribution in [3.05, 3.63) is 95.2 Å². The van der Waals surface area contributed by atoms with Crippen LogP contribution in [0, 0.1) is 5.82 Å². The lowest BCUT2D eigenvalue weighted by atomic mass is 10.2. The Morgan fingerprint density at radius 3 is 2.76 bits per heavy atom. The largest absolute Gasteiger partial charge is 0.495 e. The number of nitrogens with zero attached hydrogens (tertiary/aromatic N) is 1. The number of rotatable bonds is 9. The van der Waals surface area contributed by atoms with Crippen molar-refractivity contribution in [2.45, 2.75) is 11.4 Å². The van der Waals surface area contributed by atoms with E-state index in [0.717, 1.165) is 0 Å². The molecule has 33 heavy (non-hydrogen) atoms. The van der Waals surface area contributed by atoms with Gasteiger partial charge in [0.1, 0.15) is 11.6 Å². The van der Waals surface area contributed by atoms with E-state index in [0.29, 0.717) is 11.4 Å². The van der Waals surface area contributed by atoms with E-state index in [4.69, 9.17) is 16.3 Å². The van der Waals surface area contributed by atoms with E-state index in [1.807, 2.05) is 0 Å². The number of halogens is 2. The molecule has 2 aromatic carbocycles. The number of aromatic nitrogens is 1. The Morgan fingerprint density at radius 2 is 1.97 bits per heavy atom. The predicted molar refractivity (Wildman–Crippen MR) is 125 cm³/mol. The molecule has 1 amide bonds. The summed E-state index contributed by atoms with van der Waals surface area (Å²) in [5.41, 5.74) is 0.784. The summed E-state index contributed by atoms with van der Waals surface area (Å²) in [6, 6.07) is 12.0. The maximum atomic E-state index is 14.1. The van der Waals surface area contributed by atoms with Crippen LogP contribution < -0.4 is 15.4 Å². The van der Waals surface area contributed by atoms with E-state index in [2.05, 4.69) is 15.6 Å². The van der Waals surface area contributed by atoms with Gasteiger partial charge in [0.25, 0.3) is 5.91 Å². The highest BCUT2D eigenvalue weighted by molar-refractivity contribution is 7.91. The van der Waals surface area contributed by atoms with Gasteiger partial charge < -0.3 is 15.4 Å². The third-order valence-electron chi connectivity index (χ3n) is 4.57. The number of carbonyl (C=O) groups is 1. The quantitative estimate of drug-likeness (QED) is 0.467. The van der Waals surface area contributed by atoms with Crippen LogP contribution in [0.5, 0.6) is 5.75 Å². The lowest BCUT2D eigenvalue weighted by molar-refractivity contribution is 0.0947. The van der Waals surface area contributed by atoms with Crippen LogP contribution in [0.4, 0.5) is 10.1 Å². The molecular formula is C23H21ClFN3O4S. The summed E-state index contributed by atoms with van der Waals surface area (Å²) in [4.78, 5) is 16.5. The molecule has 0 atom stereocenters. The minimum absolute atomic E-state index is 0.0294. The molecular weight excluding hydrogens is 469 g/mol. The van der Waals surface area contributed by atoms with Gasteiger partial charge in [-0.15, -0.1) is 0 Å².